The van der Waals surface area contributed by atoms with Crippen LogP contribution in [-0.2, 0) is 10.8 Å². The van der Waals surface area contributed by atoms with Crippen LogP contribution in [0.25, 0.3) is 10.9 Å². The first-order valence-corrected chi connectivity index (χ1v) is 8.66. The zero-order valence-electron chi connectivity index (χ0n) is 12.6. The number of pyridine rings is 1. The molecule has 0 aliphatic heterocycles. The SMILES string of the molecule is Cc1cc(C(=O)NCCCS(C)=O)c2nccc(C)c2c1. The Hall–Kier alpha value is -1.75. The second kappa shape index (κ2) is 6.80. The van der Waals surface area contributed by atoms with Crippen LogP contribution in [0.2, 0.25) is 0 Å². The van der Waals surface area contributed by atoms with E-state index in [0.717, 1.165) is 22.0 Å². The number of nitrogens with zero attached hydrogens (tertiary/aromatic N) is 1. The molecular weight excluding hydrogens is 284 g/mol. The first-order chi connectivity index (χ1) is 9.99. The number of hydrogen-bond donors (Lipinski definition) is 1. The second-order valence-corrected chi connectivity index (χ2v) is 6.78. The summed E-state index contributed by atoms with van der Waals surface area (Å²) < 4.78 is 11.0. The summed E-state index contributed by atoms with van der Waals surface area (Å²) in [6.45, 7) is 4.52. The number of fused-ring (bicyclic) bond motifs is 1. The lowest BCUT2D eigenvalue weighted by Crippen LogP contribution is -2.26. The molecule has 0 fully saturated rings. The van der Waals surface area contributed by atoms with Crippen molar-refractivity contribution in [2.75, 3.05) is 18.6 Å². The fourth-order valence-electron chi connectivity index (χ4n) is 2.28. The Bertz CT molecular complexity index is 698. The van der Waals surface area contributed by atoms with Gasteiger partial charge >= 0.3 is 0 Å². The summed E-state index contributed by atoms with van der Waals surface area (Å²) in [6.07, 6.45) is 4.11. The van der Waals surface area contributed by atoms with Crippen molar-refractivity contribution in [1.29, 1.82) is 0 Å². The van der Waals surface area contributed by atoms with Gasteiger partial charge in [0.05, 0.1) is 11.1 Å². The molecule has 0 radical (unpaired) electrons. The summed E-state index contributed by atoms with van der Waals surface area (Å²) in [7, 11) is -0.817. The van der Waals surface area contributed by atoms with Crippen molar-refractivity contribution in [2.24, 2.45) is 0 Å². The van der Waals surface area contributed by atoms with E-state index in [-0.39, 0.29) is 5.91 Å². The summed E-state index contributed by atoms with van der Waals surface area (Å²) >= 11 is 0. The topological polar surface area (TPSA) is 59.1 Å². The molecular formula is C16H20N2O2S. The van der Waals surface area contributed by atoms with Gasteiger partial charge < -0.3 is 5.32 Å². The Morgan fingerprint density at radius 3 is 2.81 bits per heavy atom. The maximum absolute atomic E-state index is 12.3. The minimum absolute atomic E-state index is 0.122. The Balaban J connectivity index is 2.23. The summed E-state index contributed by atoms with van der Waals surface area (Å²) in [6, 6.07) is 5.86. The second-order valence-electron chi connectivity index (χ2n) is 5.22. The lowest BCUT2D eigenvalue weighted by molar-refractivity contribution is 0.0955. The van der Waals surface area contributed by atoms with Crippen molar-refractivity contribution >= 4 is 27.6 Å². The molecule has 5 heteroatoms. The molecule has 0 spiro atoms. The van der Waals surface area contributed by atoms with E-state index in [1.54, 1.807) is 12.5 Å². The van der Waals surface area contributed by atoms with Gasteiger partial charge in [-0.25, -0.2) is 0 Å². The normalized spacial score (nSPS) is 12.3. The van der Waals surface area contributed by atoms with Crippen LogP contribution in [0.3, 0.4) is 0 Å². The van der Waals surface area contributed by atoms with Crippen LogP contribution < -0.4 is 5.32 Å². The molecule has 112 valence electrons. The van der Waals surface area contributed by atoms with E-state index >= 15 is 0 Å². The molecule has 2 aromatic rings. The summed E-state index contributed by atoms with van der Waals surface area (Å²) in [4.78, 5) is 16.7. The van der Waals surface area contributed by atoms with Crippen molar-refractivity contribution in [2.45, 2.75) is 20.3 Å². The van der Waals surface area contributed by atoms with Crippen molar-refractivity contribution in [1.82, 2.24) is 10.3 Å². The number of carbonyl (C=O) groups excluding carboxylic acids is 1. The highest BCUT2D eigenvalue weighted by Crippen LogP contribution is 2.22. The van der Waals surface area contributed by atoms with E-state index in [9.17, 15) is 9.00 Å². The average Bonchev–Trinajstić information content (AvgIpc) is 2.43. The van der Waals surface area contributed by atoms with Crippen LogP contribution in [0, 0.1) is 13.8 Å². The highest BCUT2D eigenvalue weighted by Gasteiger charge is 2.12. The Morgan fingerprint density at radius 2 is 2.10 bits per heavy atom. The van der Waals surface area contributed by atoms with Gasteiger partial charge in [0.1, 0.15) is 0 Å². The van der Waals surface area contributed by atoms with Crippen LogP contribution in [0.15, 0.2) is 24.4 Å². The third-order valence-electron chi connectivity index (χ3n) is 3.35. The average molecular weight is 304 g/mol. The lowest BCUT2D eigenvalue weighted by atomic mass is 10.0. The van der Waals surface area contributed by atoms with Crippen LogP contribution in [0.4, 0.5) is 0 Å². The number of nitrogens with one attached hydrogen (secondary N) is 1. The summed E-state index contributed by atoms with van der Waals surface area (Å²) in [5.74, 6) is 0.482. The maximum atomic E-state index is 12.3. The molecule has 0 bridgehead atoms. The van der Waals surface area contributed by atoms with Crippen molar-refractivity contribution in [3.8, 4) is 0 Å². The first kappa shape index (κ1) is 15.6. The number of benzene rings is 1. The number of hydrogen-bond acceptors (Lipinski definition) is 3. The molecule has 2 rings (SSSR count). The third-order valence-corrected chi connectivity index (χ3v) is 4.21. The molecule has 1 unspecified atom stereocenters. The van der Waals surface area contributed by atoms with E-state index in [2.05, 4.69) is 16.4 Å². The zero-order valence-corrected chi connectivity index (χ0v) is 13.4. The van der Waals surface area contributed by atoms with Crippen molar-refractivity contribution < 1.29 is 9.00 Å². The zero-order chi connectivity index (χ0) is 15.4. The number of aromatic nitrogens is 1. The molecule has 0 saturated carbocycles. The predicted molar refractivity (Wildman–Crippen MR) is 87.1 cm³/mol. The monoisotopic (exact) mass is 304 g/mol. The van der Waals surface area contributed by atoms with Gasteiger partial charge in [-0.15, -0.1) is 0 Å². The van der Waals surface area contributed by atoms with Gasteiger partial charge in [-0.3, -0.25) is 14.0 Å². The van der Waals surface area contributed by atoms with Gasteiger partial charge in [0.15, 0.2) is 0 Å². The Labute approximate surface area is 127 Å². The molecule has 1 N–H and O–H groups in total. The highest BCUT2D eigenvalue weighted by atomic mass is 32.2. The molecule has 0 saturated heterocycles. The third kappa shape index (κ3) is 3.88. The van der Waals surface area contributed by atoms with Crippen LogP contribution in [0.1, 0.15) is 27.9 Å². The van der Waals surface area contributed by atoms with Gasteiger partial charge in [0.25, 0.3) is 5.91 Å². The van der Waals surface area contributed by atoms with Gasteiger partial charge in [-0.1, -0.05) is 0 Å². The Kier molecular flexibility index (Phi) is 5.07. The van der Waals surface area contributed by atoms with Crippen LogP contribution >= 0.6 is 0 Å². The largest absolute Gasteiger partial charge is 0.352 e. The van der Waals surface area contributed by atoms with E-state index in [4.69, 9.17) is 0 Å². The van der Waals surface area contributed by atoms with E-state index in [1.165, 1.54) is 0 Å². The molecule has 1 heterocycles. The van der Waals surface area contributed by atoms with E-state index in [1.807, 2.05) is 26.0 Å². The standard InChI is InChI=1S/C16H20N2O2S/c1-11-9-13-12(2)5-7-17-15(13)14(10-11)16(19)18-6-4-8-21(3)20/h5,7,9-10H,4,6,8H2,1-3H3,(H,18,19). The molecule has 4 nitrogen and oxygen atoms in total. The number of amides is 1. The van der Waals surface area contributed by atoms with Crippen LogP contribution in [-0.4, -0.2) is 33.7 Å². The van der Waals surface area contributed by atoms with Crippen LogP contribution in [0.5, 0.6) is 0 Å². The minimum Gasteiger partial charge on any atom is -0.352 e. The van der Waals surface area contributed by atoms with E-state index in [0.29, 0.717) is 24.3 Å². The Morgan fingerprint density at radius 1 is 1.33 bits per heavy atom. The van der Waals surface area contributed by atoms with Gasteiger partial charge in [-0.2, -0.15) is 0 Å². The predicted octanol–water partition coefficient (Wildman–Crippen LogP) is 2.35. The quantitative estimate of drug-likeness (QED) is 0.863. The maximum Gasteiger partial charge on any atom is 0.253 e. The first-order valence-electron chi connectivity index (χ1n) is 6.93. The number of carbonyl (C=O) groups is 1. The number of aryl methyl sites for hydroxylation is 2. The molecule has 1 aromatic heterocycles. The molecule has 1 aromatic carbocycles. The van der Waals surface area contributed by atoms with E-state index < -0.39 is 10.8 Å². The van der Waals surface area contributed by atoms with Gasteiger partial charge in [0, 0.05) is 40.9 Å². The fourth-order valence-corrected chi connectivity index (χ4v) is 2.83. The molecule has 1 amide bonds. The number of rotatable bonds is 5. The summed E-state index contributed by atoms with van der Waals surface area (Å²) in [5.41, 5.74) is 3.49. The molecule has 0 aliphatic carbocycles. The molecule has 0 aliphatic rings. The molecule has 1 atom stereocenters. The lowest BCUT2D eigenvalue weighted by Gasteiger charge is -2.10. The van der Waals surface area contributed by atoms with Gasteiger partial charge in [0.2, 0.25) is 0 Å². The minimum atomic E-state index is -0.817. The molecule has 21 heavy (non-hydrogen) atoms. The van der Waals surface area contributed by atoms with Gasteiger partial charge in [-0.05, 0) is 49.6 Å². The van der Waals surface area contributed by atoms with Crippen molar-refractivity contribution in [3.05, 3.63) is 41.1 Å². The highest BCUT2D eigenvalue weighted by molar-refractivity contribution is 7.84. The smallest absolute Gasteiger partial charge is 0.253 e. The summed E-state index contributed by atoms with van der Waals surface area (Å²) in [5, 5.41) is 3.89. The fraction of sp³-hybridized carbons (Fsp3) is 0.375. The van der Waals surface area contributed by atoms with Crippen molar-refractivity contribution in [3.63, 3.8) is 0 Å².